The number of nitrogens with zero attached hydrogens (tertiary/aromatic N) is 1. The third kappa shape index (κ3) is 2.32. The lowest BCUT2D eigenvalue weighted by atomic mass is 9.54. The van der Waals surface area contributed by atoms with E-state index in [1.807, 2.05) is 18.6 Å². The number of furan rings is 2. The molecule has 4 nitrogen and oxygen atoms in total. The van der Waals surface area contributed by atoms with E-state index in [2.05, 4.69) is 47.2 Å². The molecule has 6 heteroatoms. The second-order valence-corrected chi connectivity index (χ2v) is 8.17. The molecular weight excluding hydrogens is 421 g/mol. The smallest absolute Gasteiger partial charge is 0.190 e. The van der Waals surface area contributed by atoms with Gasteiger partial charge in [-0.2, -0.15) is 4.57 Å². The van der Waals surface area contributed by atoms with Crippen LogP contribution < -0.4 is 21.7 Å². The predicted molar refractivity (Wildman–Crippen MR) is 107 cm³/mol. The summed E-state index contributed by atoms with van der Waals surface area (Å²) in [5, 5.41) is 0.634. The van der Waals surface area contributed by atoms with E-state index in [0.29, 0.717) is 5.02 Å². The highest BCUT2D eigenvalue weighted by Crippen LogP contribution is 2.62. The Morgan fingerprint density at radius 2 is 1.77 bits per heavy atom. The zero-order valence-corrected chi connectivity index (χ0v) is 17.7. The van der Waals surface area contributed by atoms with Gasteiger partial charge >= 0.3 is 0 Å². The fourth-order valence-electron chi connectivity index (χ4n) is 5.58. The van der Waals surface area contributed by atoms with Crippen molar-refractivity contribution in [1.29, 1.82) is 0 Å². The van der Waals surface area contributed by atoms with Crippen LogP contribution in [0.1, 0.15) is 46.3 Å². The molecule has 1 aromatic carbocycles. The third-order valence-corrected chi connectivity index (χ3v) is 6.97. The van der Waals surface area contributed by atoms with Gasteiger partial charge in [0.1, 0.15) is 5.75 Å². The summed E-state index contributed by atoms with van der Waals surface area (Å²) in [7, 11) is 1.69. The van der Waals surface area contributed by atoms with Gasteiger partial charge in [-0.15, -0.1) is 0 Å². The SMILES string of the molecule is COc1c(Cl)ccc2c1C1c3cccc[n+]3C2CC1(c1ccoc1)c1ccoc1.[Cl-]. The molecule has 0 spiro atoms. The van der Waals surface area contributed by atoms with Crippen molar-refractivity contribution in [1.82, 2.24) is 0 Å². The van der Waals surface area contributed by atoms with E-state index < -0.39 is 0 Å². The Bertz CT molecular complexity index is 1170. The van der Waals surface area contributed by atoms with Gasteiger partial charge in [0.25, 0.3) is 0 Å². The topological polar surface area (TPSA) is 39.4 Å². The summed E-state index contributed by atoms with van der Waals surface area (Å²) in [6.45, 7) is 0. The largest absolute Gasteiger partial charge is 1.00 e. The van der Waals surface area contributed by atoms with Crippen LogP contribution in [0.25, 0.3) is 0 Å². The van der Waals surface area contributed by atoms with E-state index in [4.69, 9.17) is 25.2 Å². The zero-order chi connectivity index (χ0) is 19.6. The Hall–Kier alpha value is -2.69. The Labute approximate surface area is 185 Å². The van der Waals surface area contributed by atoms with E-state index in [1.54, 1.807) is 19.6 Å². The number of rotatable bonds is 3. The van der Waals surface area contributed by atoms with Gasteiger partial charge in [-0.3, -0.25) is 0 Å². The lowest BCUT2D eigenvalue weighted by molar-refractivity contribution is -0.732. The number of aromatic nitrogens is 1. The maximum Gasteiger partial charge on any atom is 0.190 e. The van der Waals surface area contributed by atoms with Gasteiger partial charge in [-0.05, 0) is 18.2 Å². The van der Waals surface area contributed by atoms with Gasteiger partial charge in [0.05, 0.1) is 48.5 Å². The van der Waals surface area contributed by atoms with Crippen molar-refractivity contribution in [3.05, 3.63) is 107 Å². The van der Waals surface area contributed by atoms with Crippen LogP contribution in [0.15, 0.2) is 82.5 Å². The molecule has 2 unspecified atom stereocenters. The predicted octanol–water partition coefficient (Wildman–Crippen LogP) is 2.25. The van der Waals surface area contributed by atoms with Crippen LogP contribution in [0.2, 0.25) is 5.02 Å². The molecule has 152 valence electrons. The Morgan fingerprint density at radius 1 is 1.03 bits per heavy atom. The molecule has 2 atom stereocenters. The van der Waals surface area contributed by atoms with Gasteiger partial charge < -0.3 is 26.0 Å². The highest BCUT2D eigenvalue weighted by Gasteiger charge is 2.61. The number of benzene rings is 1. The highest BCUT2D eigenvalue weighted by atomic mass is 35.5. The second kappa shape index (κ2) is 6.93. The number of ether oxygens (including phenoxy) is 1. The summed E-state index contributed by atoms with van der Waals surface area (Å²) in [6.07, 6.45) is 10.3. The van der Waals surface area contributed by atoms with E-state index in [9.17, 15) is 0 Å². The van der Waals surface area contributed by atoms with Crippen molar-refractivity contribution in [3.63, 3.8) is 0 Å². The number of pyridine rings is 1. The summed E-state index contributed by atoms with van der Waals surface area (Å²) in [5.74, 6) is 0.762. The molecule has 3 aliphatic rings. The van der Waals surface area contributed by atoms with Crippen molar-refractivity contribution >= 4 is 11.6 Å². The molecule has 30 heavy (non-hydrogen) atoms. The lowest BCUT2D eigenvalue weighted by Gasteiger charge is -2.48. The minimum absolute atomic E-state index is 0. The molecule has 3 aromatic heterocycles. The fourth-order valence-corrected chi connectivity index (χ4v) is 5.82. The molecule has 0 radical (unpaired) electrons. The van der Waals surface area contributed by atoms with Gasteiger partial charge in [0, 0.05) is 40.8 Å². The number of methoxy groups -OCH3 is 1. The first kappa shape index (κ1) is 19.3. The molecule has 0 amide bonds. The van der Waals surface area contributed by atoms with Crippen LogP contribution in [0.5, 0.6) is 5.75 Å². The quantitative estimate of drug-likeness (QED) is 0.459. The molecule has 0 saturated carbocycles. The van der Waals surface area contributed by atoms with E-state index in [-0.39, 0.29) is 29.8 Å². The average Bonchev–Trinajstić information content (AvgIpc) is 3.48. The first-order valence-corrected chi connectivity index (χ1v) is 10.0. The van der Waals surface area contributed by atoms with Crippen molar-refractivity contribution in [2.24, 2.45) is 0 Å². The van der Waals surface area contributed by atoms with Gasteiger partial charge in [-0.1, -0.05) is 23.7 Å². The summed E-state index contributed by atoms with van der Waals surface area (Å²) in [4.78, 5) is 0. The number of fused-ring (bicyclic) bond motifs is 1. The van der Waals surface area contributed by atoms with Gasteiger partial charge in [0.15, 0.2) is 17.9 Å². The van der Waals surface area contributed by atoms with E-state index in [1.165, 1.54) is 11.3 Å². The molecule has 2 aliphatic heterocycles. The number of halogens is 2. The lowest BCUT2D eigenvalue weighted by Crippen LogP contribution is -3.00. The average molecular weight is 440 g/mol. The second-order valence-electron chi connectivity index (χ2n) is 7.76. The monoisotopic (exact) mass is 439 g/mol. The standard InChI is InChI=1S/C24H19ClNO3.ClH/c1-27-23-18(25)6-5-17-20-12-24(15-7-10-28-13-15,16-8-11-29-14-16)22(21(17)23)19-4-2-3-9-26(19)20;/h2-11,13-14,20,22H,12H2,1H3;1H/q+1;/p-1. The molecule has 0 fully saturated rings. The Morgan fingerprint density at radius 3 is 2.40 bits per heavy atom. The molecular formula is C24H19Cl2NO3. The van der Waals surface area contributed by atoms with Crippen LogP contribution in [-0.4, -0.2) is 7.11 Å². The van der Waals surface area contributed by atoms with Crippen molar-refractivity contribution in [2.75, 3.05) is 7.11 Å². The van der Waals surface area contributed by atoms with E-state index in [0.717, 1.165) is 28.9 Å². The summed E-state index contributed by atoms with van der Waals surface area (Å²) in [6, 6.07) is 14.8. The molecule has 0 saturated heterocycles. The molecule has 1 aliphatic carbocycles. The Kier molecular flexibility index (Phi) is 4.46. The highest BCUT2D eigenvalue weighted by molar-refractivity contribution is 6.32. The van der Waals surface area contributed by atoms with Crippen LogP contribution in [-0.2, 0) is 5.41 Å². The number of hydrogen-bond donors (Lipinski definition) is 0. The zero-order valence-electron chi connectivity index (χ0n) is 16.2. The maximum absolute atomic E-state index is 6.60. The first-order chi connectivity index (χ1) is 14.3. The van der Waals surface area contributed by atoms with Crippen LogP contribution in [0.3, 0.4) is 0 Å². The van der Waals surface area contributed by atoms with Gasteiger partial charge in [0.2, 0.25) is 0 Å². The molecule has 7 rings (SSSR count). The molecule has 2 bridgehead atoms. The summed E-state index contributed by atoms with van der Waals surface area (Å²) >= 11 is 6.60. The first-order valence-electron chi connectivity index (χ1n) is 9.67. The van der Waals surface area contributed by atoms with Crippen molar-refractivity contribution < 1.29 is 30.5 Å². The number of hydrogen-bond acceptors (Lipinski definition) is 3. The minimum atomic E-state index is -0.336. The summed E-state index contributed by atoms with van der Waals surface area (Å²) in [5.41, 5.74) is 5.59. The van der Waals surface area contributed by atoms with Crippen LogP contribution >= 0.6 is 11.6 Å². The fraction of sp³-hybridized carbons (Fsp3) is 0.208. The molecule has 5 heterocycles. The van der Waals surface area contributed by atoms with E-state index >= 15 is 0 Å². The van der Waals surface area contributed by atoms with Crippen molar-refractivity contribution in [2.45, 2.75) is 23.8 Å². The van der Waals surface area contributed by atoms with Crippen LogP contribution in [0, 0.1) is 0 Å². The third-order valence-electron chi connectivity index (χ3n) is 6.67. The molecule has 4 aromatic rings. The summed E-state index contributed by atoms with van der Waals surface area (Å²) < 4.78 is 19.4. The normalized spacial score (nSPS) is 20.2. The maximum atomic E-state index is 6.60. The Balaban J connectivity index is 0.00000193. The minimum Gasteiger partial charge on any atom is -1.00 e. The molecule has 0 N–H and O–H groups in total. The van der Waals surface area contributed by atoms with Gasteiger partial charge in [-0.25, -0.2) is 0 Å². The van der Waals surface area contributed by atoms with Crippen molar-refractivity contribution in [3.8, 4) is 5.75 Å². The van der Waals surface area contributed by atoms with Crippen LogP contribution in [0.4, 0.5) is 0 Å².